The number of rotatable bonds is 6. The zero-order valence-corrected chi connectivity index (χ0v) is 17.3. The lowest BCUT2D eigenvalue weighted by Crippen LogP contribution is -2.35. The fourth-order valence-corrected chi connectivity index (χ4v) is 4.18. The van der Waals surface area contributed by atoms with Gasteiger partial charge in [-0.25, -0.2) is 4.98 Å². The molecule has 6 heteroatoms. The molecule has 0 unspecified atom stereocenters. The van der Waals surface area contributed by atoms with E-state index in [0.717, 1.165) is 48.8 Å². The van der Waals surface area contributed by atoms with Gasteiger partial charge in [-0.15, -0.1) is 11.3 Å². The van der Waals surface area contributed by atoms with E-state index < -0.39 is 0 Å². The fourth-order valence-electron chi connectivity index (χ4n) is 3.37. The standard InChI is InChI=1S/C23H25N3O2S/c1-26-13-11-20(12-14-26)28-19-9-7-18(8-10-19)24-23(27)21-16-29-22(25-21)15-17-5-3-2-4-6-17/h2-10,16,20H,11-15H2,1H3,(H,24,27). The number of ether oxygens (including phenoxy) is 1. The minimum absolute atomic E-state index is 0.190. The van der Waals surface area contributed by atoms with Gasteiger partial charge in [0.15, 0.2) is 0 Å². The summed E-state index contributed by atoms with van der Waals surface area (Å²) in [7, 11) is 2.14. The number of carbonyl (C=O) groups is 1. The highest BCUT2D eigenvalue weighted by Gasteiger charge is 2.18. The first-order valence-corrected chi connectivity index (χ1v) is 10.8. The Labute approximate surface area is 175 Å². The summed E-state index contributed by atoms with van der Waals surface area (Å²) in [5, 5.41) is 5.66. The van der Waals surface area contributed by atoms with Gasteiger partial charge >= 0.3 is 0 Å². The Bertz CT molecular complexity index is 932. The van der Waals surface area contributed by atoms with Gasteiger partial charge in [-0.3, -0.25) is 4.79 Å². The number of piperidine rings is 1. The highest BCUT2D eigenvalue weighted by molar-refractivity contribution is 7.09. The highest BCUT2D eigenvalue weighted by atomic mass is 32.1. The van der Waals surface area contributed by atoms with Crippen molar-refractivity contribution in [2.75, 3.05) is 25.5 Å². The first kappa shape index (κ1) is 19.6. The molecule has 5 nitrogen and oxygen atoms in total. The molecule has 0 atom stereocenters. The van der Waals surface area contributed by atoms with E-state index >= 15 is 0 Å². The second-order valence-corrected chi connectivity index (χ2v) is 8.33. The summed E-state index contributed by atoms with van der Waals surface area (Å²) in [5.74, 6) is 0.654. The number of benzene rings is 2. The summed E-state index contributed by atoms with van der Waals surface area (Å²) in [5.41, 5.74) is 2.38. The van der Waals surface area contributed by atoms with Crippen molar-refractivity contribution in [1.29, 1.82) is 0 Å². The van der Waals surface area contributed by atoms with Crippen molar-refractivity contribution in [3.05, 3.63) is 76.2 Å². The molecule has 0 spiro atoms. The van der Waals surface area contributed by atoms with Crippen LogP contribution in [0.15, 0.2) is 60.0 Å². The maximum absolute atomic E-state index is 12.5. The molecule has 2 heterocycles. The zero-order valence-electron chi connectivity index (χ0n) is 16.5. The molecule has 1 aliphatic heterocycles. The predicted octanol–water partition coefficient (Wildman–Crippen LogP) is 4.46. The number of nitrogens with one attached hydrogen (secondary N) is 1. The molecule has 1 N–H and O–H groups in total. The van der Waals surface area contributed by atoms with Crippen LogP contribution in [0.2, 0.25) is 0 Å². The van der Waals surface area contributed by atoms with Crippen LogP contribution in [0.1, 0.15) is 33.9 Å². The Balaban J connectivity index is 1.31. The number of thiazole rings is 1. The van der Waals surface area contributed by atoms with Crippen molar-refractivity contribution < 1.29 is 9.53 Å². The zero-order chi connectivity index (χ0) is 20.1. The van der Waals surface area contributed by atoms with Crippen LogP contribution in [0, 0.1) is 0 Å². The van der Waals surface area contributed by atoms with Crippen LogP contribution in [0.3, 0.4) is 0 Å². The Morgan fingerprint density at radius 3 is 2.59 bits per heavy atom. The third-order valence-electron chi connectivity index (χ3n) is 5.06. The van der Waals surface area contributed by atoms with Crippen molar-refractivity contribution >= 4 is 22.9 Å². The Hall–Kier alpha value is -2.70. The monoisotopic (exact) mass is 407 g/mol. The molecule has 1 fully saturated rings. The Kier molecular flexibility index (Phi) is 6.22. The molecule has 0 radical (unpaired) electrons. The van der Waals surface area contributed by atoms with Crippen molar-refractivity contribution in [2.24, 2.45) is 0 Å². The maximum atomic E-state index is 12.5. The van der Waals surface area contributed by atoms with Gasteiger partial charge in [-0.2, -0.15) is 0 Å². The van der Waals surface area contributed by atoms with Crippen LogP contribution in [0.5, 0.6) is 5.75 Å². The molecule has 1 aromatic heterocycles. The minimum atomic E-state index is -0.190. The number of likely N-dealkylation sites (tertiary alicyclic amines) is 1. The molecular formula is C23H25N3O2S. The van der Waals surface area contributed by atoms with Crippen LogP contribution < -0.4 is 10.1 Å². The Morgan fingerprint density at radius 1 is 1.14 bits per heavy atom. The lowest BCUT2D eigenvalue weighted by Gasteiger charge is -2.29. The smallest absolute Gasteiger partial charge is 0.275 e. The van der Waals surface area contributed by atoms with Crippen LogP contribution in [0.25, 0.3) is 0 Å². The summed E-state index contributed by atoms with van der Waals surface area (Å²) < 4.78 is 6.06. The molecule has 1 aliphatic rings. The van der Waals surface area contributed by atoms with Gasteiger partial charge < -0.3 is 15.0 Å². The summed E-state index contributed by atoms with van der Waals surface area (Å²) in [6.07, 6.45) is 3.10. The lowest BCUT2D eigenvalue weighted by molar-refractivity contribution is 0.102. The van der Waals surface area contributed by atoms with E-state index in [2.05, 4.69) is 34.4 Å². The fraction of sp³-hybridized carbons (Fsp3) is 0.304. The summed E-state index contributed by atoms with van der Waals surface area (Å²) in [4.78, 5) is 19.3. The van der Waals surface area contributed by atoms with Gasteiger partial charge in [-0.1, -0.05) is 30.3 Å². The largest absolute Gasteiger partial charge is 0.490 e. The summed E-state index contributed by atoms with van der Waals surface area (Å²) >= 11 is 1.51. The highest BCUT2D eigenvalue weighted by Crippen LogP contribution is 2.22. The van der Waals surface area contributed by atoms with Crippen molar-refractivity contribution in [2.45, 2.75) is 25.4 Å². The third-order valence-corrected chi connectivity index (χ3v) is 5.91. The third kappa shape index (κ3) is 5.43. The van der Waals surface area contributed by atoms with E-state index in [0.29, 0.717) is 5.69 Å². The number of amides is 1. The van der Waals surface area contributed by atoms with Crippen LogP contribution >= 0.6 is 11.3 Å². The van der Waals surface area contributed by atoms with E-state index in [1.54, 1.807) is 0 Å². The molecule has 2 aromatic carbocycles. The Morgan fingerprint density at radius 2 is 1.86 bits per heavy atom. The molecule has 0 aliphatic carbocycles. The summed E-state index contributed by atoms with van der Waals surface area (Å²) in [6, 6.07) is 17.7. The average Bonchev–Trinajstić information content (AvgIpc) is 3.21. The molecule has 0 bridgehead atoms. The van der Waals surface area contributed by atoms with E-state index in [1.165, 1.54) is 16.9 Å². The molecule has 4 rings (SSSR count). The number of hydrogen-bond acceptors (Lipinski definition) is 5. The van der Waals surface area contributed by atoms with Gasteiger partial charge in [0.25, 0.3) is 5.91 Å². The molecule has 0 saturated carbocycles. The average molecular weight is 408 g/mol. The number of aromatic nitrogens is 1. The molecule has 150 valence electrons. The molecule has 29 heavy (non-hydrogen) atoms. The van der Waals surface area contributed by atoms with E-state index in [-0.39, 0.29) is 12.0 Å². The minimum Gasteiger partial charge on any atom is -0.490 e. The second-order valence-electron chi connectivity index (χ2n) is 7.39. The lowest BCUT2D eigenvalue weighted by atomic mass is 10.1. The first-order chi connectivity index (χ1) is 14.2. The van der Waals surface area contributed by atoms with E-state index in [4.69, 9.17) is 4.74 Å². The topological polar surface area (TPSA) is 54.5 Å². The van der Waals surface area contributed by atoms with Gasteiger partial charge in [-0.05, 0) is 49.7 Å². The number of nitrogens with zero attached hydrogens (tertiary/aromatic N) is 2. The quantitative estimate of drug-likeness (QED) is 0.656. The molecule has 1 amide bonds. The number of anilines is 1. The van der Waals surface area contributed by atoms with Gasteiger partial charge in [0.2, 0.25) is 0 Å². The number of hydrogen-bond donors (Lipinski definition) is 1. The van der Waals surface area contributed by atoms with Gasteiger partial charge in [0, 0.05) is 30.6 Å². The normalized spacial score (nSPS) is 15.2. The van der Waals surface area contributed by atoms with Gasteiger partial charge in [0.1, 0.15) is 17.5 Å². The van der Waals surface area contributed by atoms with Gasteiger partial charge in [0.05, 0.1) is 5.01 Å². The van der Waals surface area contributed by atoms with E-state index in [9.17, 15) is 4.79 Å². The van der Waals surface area contributed by atoms with Crippen LogP contribution in [-0.2, 0) is 6.42 Å². The number of carbonyl (C=O) groups excluding carboxylic acids is 1. The predicted molar refractivity (Wildman–Crippen MR) is 117 cm³/mol. The van der Waals surface area contributed by atoms with E-state index in [1.807, 2.05) is 47.8 Å². The van der Waals surface area contributed by atoms with Crippen molar-refractivity contribution in [3.63, 3.8) is 0 Å². The molecule has 1 saturated heterocycles. The molecule has 3 aromatic rings. The van der Waals surface area contributed by atoms with Crippen LogP contribution in [-0.4, -0.2) is 42.0 Å². The SMILES string of the molecule is CN1CCC(Oc2ccc(NC(=O)c3csc(Cc4ccccc4)n3)cc2)CC1. The van der Waals surface area contributed by atoms with Crippen LogP contribution in [0.4, 0.5) is 5.69 Å². The maximum Gasteiger partial charge on any atom is 0.275 e. The summed E-state index contributed by atoms with van der Waals surface area (Å²) in [6.45, 7) is 2.14. The van der Waals surface area contributed by atoms with Crippen molar-refractivity contribution in [3.8, 4) is 5.75 Å². The first-order valence-electron chi connectivity index (χ1n) is 9.90. The molecular weight excluding hydrogens is 382 g/mol. The van der Waals surface area contributed by atoms with Crippen molar-refractivity contribution in [1.82, 2.24) is 9.88 Å². The second kappa shape index (κ2) is 9.20.